The summed E-state index contributed by atoms with van der Waals surface area (Å²) in [5.41, 5.74) is 0.208. The van der Waals surface area contributed by atoms with Crippen molar-refractivity contribution in [2.24, 2.45) is 28.6 Å². The van der Waals surface area contributed by atoms with Crippen LogP contribution in [0.5, 0.6) is 0 Å². The zero-order valence-corrected chi connectivity index (χ0v) is 15.9. The number of carbonyl (C=O) groups is 1. The van der Waals surface area contributed by atoms with Crippen LogP contribution in [0.15, 0.2) is 0 Å². The van der Waals surface area contributed by atoms with E-state index in [1.54, 1.807) is 0 Å². The Balaban J connectivity index is 2.11. The van der Waals surface area contributed by atoms with Crippen LogP contribution in [0, 0.1) is 28.6 Å². The summed E-state index contributed by atoms with van der Waals surface area (Å²) in [6, 6.07) is 0. The molecule has 1 unspecified atom stereocenters. The first-order valence-corrected chi connectivity index (χ1v) is 9.40. The van der Waals surface area contributed by atoms with E-state index in [9.17, 15) is 9.90 Å². The normalized spacial score (nSPS) is 36.2. The monoisotopic (exact) mass is 324 g/mol. The Labute approximate surface area is 142 Å². The van der Waals surface area contributed by atoms with Crippen LogP contribution < -0.4 is 0 Å². The molecule has 0 heterocycles. The second-order valence-electron chi connectivity index (χ2n) is 9.71. The van der Waals surface area contributed by atoms with Crippen molar-refractivity contribution in [2.45, 2.75) is 92.3 Å². The molecule has 2 saturated carbocycles. The van der Waals surface area contributed by atoms with E-state index in [-0.39, 0.29) is 29.0 Å². The Morgan fingerprint density at radius 2 is 1.78 bits per heavy atom. The Morgan fingerprint density at radius 3 is 2.39 bits per heavy atom. The predicted molar refractivity (Wildman–Crippen MR) is 93.0 cm³/mol. The first-order chi connectivity index (χ1) is 10.5. The van der Waals surface area contributed by atoms with E-state index in [2.05, 4.69) is 41.5 Å². The molecule has 0 amide bonds. The van der Waals surface area contributed by atoms with Gasteiger partial charge in [0.2, 0.25) is 0 Å². The minimum atomic E-state index is -0.251. The number of hydrogen-bond donors (Lipinski definition) is 1. The Kier molecular flexibility index (Phi) is 5.50. The number of carbonyl (C=O) groups excluding carboxylic acids is 1. The highest BCUT2D eigenvalue weighted by Crippen LogP contribution is 2.54. The number of ether oxygens (including phenoxy) is 1. The van der Waals surface area contributed by atoms with Crippen LogP contribution in [-0.2, 0) is 9.53 Å². The Bertz CT molecular complexity index is 425. The Hall–Kier alpha value is -0.570. The molecule has 0 aromatic rings. The number of esters is 1. The van der Waals surface area contributed by atoms with Crippen LogP contribution in [0.2, 0.25) is 0 Å². The zero-order chi connectivity index (χ0) is 17.4. The number of fused-ring (bicyclic) bond motifs is 1. The van der Waals surface area contributed by atoms with Crippen LogP contribution in [0.25, 0.3) is 0 Å². The van der Waals surface area contributed by atoms with Gasteiger partial charge in [0.25, 0.3) is 0 Å². The van der Waals surface area contributed by atoms with Gasteiger partial charge >= 0.3 is 5.97 Å². The standard InChI is InChI=1S/C20H36O3/c1-13(2)11-18(22)23-16-12-20(5,6)15-9-10-19(3,4)17(21)8-7-14(15)16/h13-17,21H,7-12H2,1-6H3/t14?,15-,16+,17-/m1/s1. The van der Waals surface area contributed by atoms with Crippen LogP contribution in [0.1, 0.15) is 80.1 Å². The maximum Gasteiger partial charge on any atom is 0.306 e. The molecular formula is C20H36O3. The molecule has 1 N–H and O–H groups in total. The minimum absolute atomic E-state index is 0.00649. The highest BCUT2D eigenvalue weighted by Gasteiger charge is 2.51. The SMILES string of the molecule is CC(C)CC(=O)O[C@H]1CC(C)(C)[C@@H]2CCC(C)(C)[C@H](O)CCC12. The third-order valence-corrected chi connectivity index (χ3v) is 6.36. The van der Waals surface area contributed by atoms with E-state index >= 15 is 0 Å². The van der Waals surface area contributed by atoms with E-state index in [0.29, 0.717) is 24.2 Å². The summed E-state index contributed by atoms with van der Waals surface area (Å²) in [7, 11) is 0. The summed E-state index contributed by atoms with van der Waals surface area (Å²) in [5.74, 6) is 1.29. The average molecular weight is 325 g/mol. The summed E-state index contributed by atoms with van der Waals surface area (Å²) < 4.78 is 5.89. The van der Waals surface area contributed by atoms with Crippen LogP contribution in [0.3, 0.4) is 0 Å². The molecule has 23 heavy (non-hydrogen) atoms. The smallest absolute Gasteiger partial charge is 0.306 e. The topological polar surface area (TPSA) is 46.5 Å². The molecule has 0 radical (unpaired) electrons. The Morgan fingerprint density at radius 1 is 1.13 bits per heavy atom. The van der Waals surface area contributed by atoms with Gasteiger partial charge in [-0.3, -0.25) is 4.79 Å². The van der Waals surface area contributed by atoms with Crippen LogP contribution >= 0.6 is 0 Å². The van der Waals surface area contributed by atoms with E-state index in [4.69, 9.17) is 4.74 Å². The second kappa shape index (κ2) is 6.74. The largest absolute Gasteiger partial charge is 0.462 e. The van der Waals surface area contributed by atoms with Crippen molar-refractivity contribution in [2.75, 3.05) is 0 Å². The molecule has 2 rings (SSSR count). The zero-order valence-electron chi connectivity index (χ0n) is 15.9. The van der Waals surface area contributed by atoms with Crippen molar-refractivity contribution in [3.8, 4) is 0 Å². The van der Waals surface area contributed by atoms with Crippen molar-refractivity contribution >= 4 is 5.97 Å². The van der Waals surface area contributed by atoms with Crippen LogP contribution in [-0.4, -0.2) is 23.3 Å². The number of rotatable bonds is 3. The lowest BCUT2D eigenvalue weighted by Crippen LogP contribution is -2.36. The molecule has 3 nitrogen and oxygen atoms in total. The fourth-order valence-electron chi connectivity index (χ4n) is 4.77. The molecule has 2 aliphatic rings. The molecule has 4 atom stereocenters. The van der Waals surface area contributed by atoms with E-state index in [1.165, 1.54) is 0 Å². The van der Waals surface area contributed by atoms with Crippen LogP contribution in [0.4, 0.5) is 0 Å². The van der Waals surface area contributed by atoms with Gasteiger partial charge in [-0.05, 0) is 60.7 Å². The molecule has 0 aromatic carbocycles. The molecule has 0 aliphatic heterocycles. The van der Waals surface area contributed by atoms with Gasteiger partial charge in [0.05, 0.1) is 6.10 Å². The van der Waals surface area contributed by atoms with Crippen molar-refractivity contribution in [3.63, 3.8) is 0 Å². The lowest BCUT2D eigenvalue weighted by Gasteiger charge is -2.39. The number of aliphatic hydroxyl groups excluding tert-OH is 1. The quantitative estimate of drug-likeness (QED) is 0.774. The summed E-state index contributed by atoms with van der Waals surface area (Å²) in [6.45, 7) is 13.1. The highest BCUT2D eigenvalue weighted by molar-refractivity contribution is 5.69. The van der Waals surface area contributed by atoms with Gasteiger partial charge in [0.1, 0.15) is 6.10 Å². The van der Waals surface area contributed by atoms with E-state index in [0.717, 1.165) is 32.1 Å². The summed E-state index contributed by atoms with van der Waals surface area (Å²) in [6.07, 6.45) is 5.22. The fraction of sp³-hybridized carbons (Fsp3) is 0.950. The summed E-state index contributed by atoms with van der Waals surface area (Å²) >= 11 is 0. The summed E-state index contributed by atoms with van der Waals surface area (Å²) in [4.78, 5) is 12.1. The second-order valence-corrected chi connectivity index (χ2v) is 9.71. The first kappa shape index (κ1) is 18.8. The molecule has 2 fully saturated rings. The van der Waals surface area contributed by atoms with Gasteiger partial charge in [-0.1, -0.05) is 41.5 Å². The molecule has 0 spiro atoms. The van der Waals surface area contributed by atoms with Crippen molar-refractivity contribution in [1.29, 1.82) is 0 Å². The maximum absolute atomic E-state index is 12.1. The molecule has 0 saturated heterocycles. The molecule has 134 valence electrons. The van der Waals surface area contributed by atoms with E-state index in [1.807, 2.05) is 0 Å². The molecule has 3 heteroatoms. The maximum atomic E-state index is 12.1. The van der Waals surface area contributed by atoms with Crippen molar-refractivity contribution < 1.29 is 14.6 Å². The fourth-order valence-corrected chi connectivity index (χ4v) is 4.77. The minimum Gasteiger partial charge on any atom is -0.462 e. The average Bonchev–Trinajstić information content (AvgIpc) is 2.61. The molecular weight excluding hydrogens is 288 g/mol. The van der Waals surface area contributed by atoms with Gasteiger partial charge < -0.3 is 9.84 Å². The first-order valence-electron chi connectivity index (χ1n) is 9.40. The van der Waals surface area contributed by atoms with Gasteiger partial charge in [-0.15, -0.1) is 0 Å². The number of aliphatic hydroxyl groups is 1. The van der Waals surface area contributed by atoms with E-state index < -0.39 is 0 Å². The lowest BCUT2D eigenvalue weighted by molar-refractivity contribution is -0.152. The highest BCUT2D eigenvalue weighted by atomic mass is 16.5. The van der Waals surface area contributed by atoms with Gasteiger partial charge in [0.15, 0.2) is 0 Å². The third-order valence-electron chi connectivity index (χ3n) is 6.36. The lowest BCUT2D eigenvalue weighted by atomic mass is 9.67. The van der Waals surface area contributed by atoms with Crippen molar-refractivity contribution in [3.05, 3.63) is 0 Å². The number of hydrogen-bond acceptors (Lipinski definition) is 3. The van der Waals surface area contributed by atoms with Gasteiger partial charge in [-0.2, -0.15) is 0 Å². The predicted octanol–water partition coefficient (Wildman–Crippen LogP) is 4.57. The molecule has 2 aliphatic carbocycles. The molecule has 0 aromatic heterocycles. The van der Waals surface area contributed by atoms with Gasteiger partial charge in [0, 0.05) is 6.42 Å². The third kappa shape index (κ3) is 4.29. The summed E-state index contributed by atoms with van der Waals surface area (Å²) in [5, 5.41) is 10.5. The van der Waals surface area contributed by atoms with Crippen molar-refractivity contribution in [1.82, 2.24) is 0 Å². The van der Waals surface area contributed by atoms with Gasteiger partial charge in [-0.25, -0.2) is 0 Å². The molecule has 0 bridgehead atoms.